The van der Waals surface area contributed by atoms with E-state index in [1.807, 2.05) is 0 Å². The minimum Gasteiger partial charge on any atom is -0.335 e. The Labute approximate surface area is 108 Å². The van der Waals surface area contributed by atoms with Crippen LogP contribution >= 0.6 is 11.8 Å². The summed E-state index contributed by atoms with van der Waals surface area (Å²) in [5.41, 5.74) is 0.284. The number of hydrogen-bond acceptors (Lipinski definition) is 3. The molecular weight excluding hydrogens is 261 g/mol. The lowest BCUT2D eigenvalue weighted by Gasteiger charge is -2.27. The van der Waals surface area contributed by atoms with Gasteiger partial charge in [-0.05, 0) is 5.41 Å². The van der Waals surface area contributed by atoms with E-state index in [4.69, 9.17) is 0 Å². The lowest BCUT2D eigenvalue weighted by Crippen LogP contribution is -2.27. The number of hydrogen-bond donors (Lipinski definition) is 1. The summed E-state index contributed by atoms with van der Waals surface area (Å²) in [4.78, 5) is 4.29. The molecule has 0 aromatic heterocycles. The van der Waals surface area contributed by atoms with E-state index in [0.717, 1.165) is 17.9 Å². The Morgan fingerprint density at radius 2 is 1.83 bits per heavy atom. The molecule has 0 fully saturated rings. The molecular formula is C12H13F3N2S. The van der Waals surface area contributed by atoms with Crippen LogP contribution in [0.4, 0.5) is 18.9 Å². The highest BCUT2D eigenvalue weighted by Gasteiger charge is 2.23. The predicted octanol–water partition coefficient (Wildman–Crippen LogP) is 3.64. The van der Waals surface area contributed by atoms with Crippen molar-refractivity contribution in [1.29, 1.82) is 0 Å². The van der Waals surface area contributed by atoms with Crippen molar-refractivity contribution in [1.82, 2.24) is 0 Å². The third-order valence-corrected chi connectivity index (χ3v) is 3.92. The van der Waals surface area contributed by atoms with Crippen LogP contribution in [0.15, 0.2) is 17.1 Å². The Bertz CT molecular complexity index is 477. The van der Waals surface area contributed by atoms with Gasteiger partial charge >= 0.3 is 0 Å². The summed E-state index contributed by atoms with van der Waals surface area (Å²) < 4.78 is 38.8. The normalized spacial score (nSPS) is 18.4. The molecule has 98 valence electrons. The largest absolute Gasteiger partial charge is 0.335 e. The minimum absolute atomic E-state index is 0.120. The van der Waals surface area contributed by atoms with Gasteiger partial charge in [0.2, 0.25) is 0 Å². The monoisotopic (exact) mass is 274 g/mol. The van der Waals surface area contributed by atoms with Gasteiger partial charge in [0, 0.05) is 30.1 Å². The first-order valence-electron chi connectivity index (χ1n) is 5.46. The van der Waals surface area contributed by atoms with Crippen LogP contribution in [0.5, 0.6) is 0 Å². The first kappa shape index (κ1) is 13.3. The van der Waals surface area contributed by atoms with Crippen molar-refractivity contribution in [2.45, 2.75) is 13.8 Å². The number of aliphatic imine (C=N–C) groups is 1. The molecule has 1 aliphatic heterocycles. The van der Waals surface area contributed by atoms with Gasteiger partial charge in [0.15, 0.2) is 22.6 Å². The Morgan fingerprint density at radius 1 is 1.22 bits per heavy atom. The Balaban J connectivity index is 2.14. The van der Waals surface area contributed by atoms with Crippen LogP contribution in [0.25, 0.3) is 0 Å². The molecule has 1 heterocycles. The first-order chi connectivity index (χ1) is 8.37. The van der Waals surface area contributed by atoms with Crippen LogP contribution in [0.2, 0.25) is 0 Å². The van der Waals surface area contributed by atoms with Gasteiger partial charge in [-0.15, -0.1) is 0 Å². The zero-order chi connectivity index (χ0) is 13.3. The van der Waals surface area contributed by atoms with E-state index in [2.05, 4.69) is 24.2 Å². The fraction of sp³-hybridized carbons (Fsp3) is 0.417. The number of benzene rings is 1. The second-order valence-electron chi connectivity index (χ2n) is 4.95. The second kappa shape index (κ2) is 4.84. The van der Waals surface area contributed by atoms with Crippen molar-refractivity contribution < 1.29 is 13.2 Å². The minimum atomic E-state index is -1.46. The predicted molar refractivity (Wildman–Crippen MR) is 68.5 cm³/mol. The maximum Gasteiger partial charge on any atom is 0.194 e. The summed E-state index contributed by atoms with van der Waals surface area (Å²) in [5, 5.41) is 3.39. The van der Waals surface area contributed by atoms with Crippen LogP contribution in [-0.2, 0) is 0 Å². The molecule has 0 radical (unpaired) electrons. The van der Waals surface area contributed by atoms with Crippen LogP contribution in [0.1, 0.15) is 13.8 Å². The van der Waals surface area contributed by atoms with E-state index >= 15 is 0 Å². The van der Waals surface area contributed by atoms with Crippen molar-refractivity contribution in [3.8, 4) is 0 Å². The van der Waals surface area contributed by atoms with E-state index in [-0.39, 0.29) is 11.1 Å². The molecule has 0 unspecified atom stereocenters. The molecule has 2 nitrogen and oxygen atoms in total. The Kier molecular flexibility index (Phi) is 3.56. The zero-order valence-corrected chi connectivity index (χ0v) is 10.9. The van der Waals surface area contributed by atoms with E-state index in [1.165, 1.54) is 11.8 Å². The quantitative estimate of drug-likeness (QED) is 0.791. The summed E-state index contributed by atoms with van der Waals surface area (Å²) >= 11 is 1.48. The van der Waals surface area contributed by atoms with Gasteiger partial charge in [-0.25, -0.2) is 13.2 Å². The van der Waals surface area contributed by atoms with Crippen LogP contribution < -0.4 is 5.32 Å². The van der Waals surface area contributed by atoms with Crippen molar-refractivity contribution in [3.05, 3.63) is 29.6 Å². The van der Waals surface area contributed by atoms with Crippen LogP contribution in [-0.4, -0.2) is 17.5 Å². The van der Waals surface area contributed by atoms with Gasteiger partial charge < -0.3 is 5.32 Å². The smallest absolute Gasteiger partial charge is 0.194 e. The third kappa shape index (κ3) is 2.98. The molecule has 0 spiro atoms. The molecule has 2 rings (SSSR count). The van der Waals surface area contributed by atoms with E-state index < -0.39 is 17.5 Å². The fourth-order valence-corrected chi connectivity index (χ4v) is 2.43. The lowest BCUT2D eigenvalue weighted by atomic mass is 9.97. The highest BCUT2D eigenvalue weighted by Crippen LogP contribution is 2.28. The number of anilines is 1. The molecule has 1 aliphatic rings. The fourth-order valence-electron chi connectivity index (χ4n) is 1.47. The van der Waals surface area contributed by atoms with E-state index in [1.54, 1.807) is 0 Å². The standard InChI is InChI=1S/C12H13F3N2S/c1-12(2)5-16-11(18-6-12)17-7-3-8(13)10(15)9(14)4-7/h3-4H,5-6H2,1-2H3,(H,16,17). The van der Waals surface area contributed by atoms with E-state index in [9.17, 15) is 13.2 Å². The van der Waals surface area contributed by atoms with Crippen LogP contribution in [0, 0.1) is 22.9 Å². The summed E-state index contributed by atoms with van der Waals surface area (Å²) in [5.74, 6) is -3.01. The second-order valence-corrected chi connectivity index (χ2v) is 5.92. The average Bonchev–Trinajstić information content (AvgIpc) is 2.29. The molecule has 0 atom stereocenters. The van der Waals surface area contributed by atoms with Gasteiger partial charge in [-0.3, -0.25) is 4.99 Å². The Morgan fingerprint density at radius 3 is 2.33 bits per heavy atom. The summed E-state index contributed by atoms with van der Waals surface area (Å²) in [6, 6.07) is 1.84. The molecule has 0 bridgehead atoms. The van der Waals surface area contributed by atoms with E-state index in [0.29, 0.717) is 11.7 Å². The topological polar surface area (TPSA) is 24.4 Å². The van der Waals surface area contributed by atoms with Gasteiger partial charge in [0.25, 0.3) is 0 Å². The molecule has 0 saturated carbocycles. The summed E-state index contributed by atoms with van der Waals surface area (Å²) in [6.45, 7) is 4.84. The van der Waals surface area contributed by atoms with Gasteiger partial charge in [-0.2, -0.15) is 0 Å². The average molecular weight is 274 g/mol. The maximum atomic E-state index is 13.0. The highest BCUT2D eigenvalue weighted by atomic mass is 32.2. The van der Waals surface area contributed by atoms with Gasteiger partial charge in [-0.1, -0.05) is 25.6 Å². The molecule has 0 aliphatic carbocycles. The molecule has 1 aromatic rings. The number of nitrogens with one attached hydrogen (secondary N) is 1. The molecule has 1 N–H and O–H groups in total. The number of rotatable bonds is 1. The first-order valence-corrected chi connectivity index (χ1v) is 6.45. The van der Waals surface area contributed by atoms with Gasteiger partial charge in [0.05, 0.1) is 0 Å². The zero-order valence-electron chi connectivity index (χ0n) is 10.1. The maximum absolute atomic E-state index is 13.0. The van der Waals surface area contributed by atoms with Crippen molar-refractivity contribution in [3.63, 3.8) is 0 Å². The SMILES string of the molecule is CC1(C)CN=C(Nc2cc(F)c(F)c(F)c2)SC1. The molecule has 0 saturated heterocycles. The van der Waals surface area contributed by atoms with Crippen molar-refractivity contribution in [2.24, 2.45) is 10.4 Å². The van der Waals surface area contributed by atoms with Gasteiger partial charge in [0.1, 0.15) is 0 Å². The highest BCUT2D eigenvalue weighted by molar-refractivity contribution is 8.14. The number of amidine groups is 1. The lowest BCUT2D eigenvalue weighted by molar-refractivity contribution is 0.438. The molecule has 1 aromatic carbocycles. The third-order valence-electron chi connectivity index (χ3n) is 2.49. The van der Waals surface area contributed by atoms with Crippen molar-refractivity contribution >= 4 is 22.6 Å². The summed E-state index contributed by atoms with van der Waals surface area (Å²) in [7, 11) is 0. The van der Waals surface area contributed by atoms with Crippen molar-refractivity contribution in [2.75, 3.05) is 17.6 Å². The molecule has 6 heteroatoms. The number of halogens is 3. The number of nitrogens with zero attached hydrogens (tertiary/aromatic N) is 1. The molecule has 18 heavy (non-hydrogen) atoms. The molecule has 0 amide bonds. The van der Waals surface area contributed by atoms with Crippen LogP contribution in [0.3, 0.4) is 0 Å². The Hall–Kier alpha value is -1.17. The summed E-state index contributed by atoms with van der Waals surface area (Å²) in [6.07, 6.45) is 0. The number of thioether (sulfide) groups is 1.